The molecule has 0 spiro atoms. The third-order valence-electron chi connectivity index (χ3n) is 3.34. The summed E-state index contributed by atoms with van der Waals surface area (Å²) in [6.45, 7) is 5.90. The molecule has 1 aliphatic rings. The van der Waals surface area contributed by atoms with Crippen LogP contribution in [0.25, 0.3) is 0 Å². The fraction of sp³-hybridized carbons (Fsp3) is 0.438. The van der Waals surface area contributed by atoms with E-state index in [1.165, 1.54) is 0 Å². The van der Waals surface area contributed by atoms with Crippen molar-refractivity contribution in [3.63, 3.8) is 0 Å². The Bertz CT molecular complexity index is 466. The van der Waals surface area contributed by atoms with E-state index in [2.05, 4.69) is 11.5 Å². The second kappa shape index (κ2) is 8.00. The lowest BCUT2D eigenvalue weighted by Gasteiger charge is -2.35. The average molecular weight is 285 g/mol. The third-order valence-corrected chi connectivity index (χ3v) is 3.34. The maximum Gasteiger partial charge on any atom is 0.336 e. The number of hydrogen-bond acceptors (Lipinski definition) is 4. The minimum atomic E-state index is -0.623. The van der Waals surface area contributed by atoms with Crippen LogP contribution < -0.4 is 0 Å². The number of hydrogen-bond donors (Lipinski definition) is 0. The molecule has 1 aromatic carbocycles. The molecule has 2 rings (SSSR count). The van der Waals surface area contributed by atoms with Gasteiger partial charge in [0, 0.05) is 25.6 Å². The summed E-state index contributed by atoms with van der Waals surface area (Å²) >= 11 is 0. The van der Waals surface area contributed by atoms with Crippen molar-refractivity contribution in [2.75, 3.05) is 19.6 Å². The van der Waals surface area contributed by atoms with Crippen LogP contribution in [0.4, 0.5) is 0 Å². The first-order valence-electron chi connectivity index (χ1n) is 7.14. The number of benzene rings is 1. The lowest BCUT2D eigenvalue weighted by molar-refractivity contribution is -0.166. The minimum Gasteiger partial charge on any atom is -0.459 e. The molecule has 0 amide bonds. The van der Waals surface area contributed by atoms with Gasteiger partial charge in [-0.15, -0.1) is 6.58 Å². The zero-order valence-corrected chi connectivity index (χ0v) is 12.1. The van der Waals surface area contributed by atoms with Crippen molar-refractivity contribution in [2.45, 2.75) is 25.1 Å². The van der Waals surface area contributed by atoms with Gasteiger partial charge in [-0.1, -0.05) is 36.4 Å². The molecule has 4 nitrogen and oxygen atoms in total. The molecule has 1 fully saturated rings. The van der Waals surface area contributed by atoms with E-state index >= 15 is 0 Å². The highest BCUT2D eigenvalue weighted by Crippen LogP contribution is 2.12. The van der Waals surface area contributed by atoms with E-state index in [-0.39, 0.29) is 12.6 Å². The fourth-order valence-corrected chi connectivity index (χ4v) is 2.27. The molecule has 1 saturated heterocycles. The topological polar surface area (TPSA) is 38.8 Å². The molecule has 2 atom stereocenters. The Morgan fingerprint density at radius 1 is 1.43 bits per heavy atom. The standard InChI is InChI=1S/C16H20BNO3/c1-2-3-9-18-10-14(21-15(17)11-18)16(19)20-12-13-7-5-4-6-8-13/h2,4-8,14-15H,1,3,9-12H2. The van der Waals surface area contributed by atoms with E-state index in [9.17, 15) is 4.79 Å². The Kier molecular flexibility index (Phi) is 6.02. The Hall–Kier alpha value is -1.59. The summed E-state index contributed by atoms with van der Waals surface area (Å²) in [6, 6.07) is 9.11. The molecule has 1 aliphatic heterocycles. The molecule has 2 unspecified atom stereocenters. The first kappa shape index (κ1) is 15.8. The quantitative estimate of drug-likeness (QED) is 0.451. The van der Waals surface area contributed by atoms with Gasteiger partial charge in [-0.25, -0.2) is 4.79 Å². The van der Waals surface area contributed by atoms with Crippen LogP contribution in [0.5, 0.6) is 0 Å². The summed E-state index contributed by atoms with van der Waals surface area (Å²) < 4.78 is 10.8. The van der Waals surface area contributed by atoms with Gasteiger partial charge >= 0.3 is 5.97 Å². The molecule has 21 heavy (non-hydrogen) atoms. The summed E-state index contributed by atoms with van der Waals surface area (Å²) in [5.74, 6) is -0.363. The molecule has 0 aromatic heterocycles. The lowest BCUT2D eigenvalue weighted by atomic mass is 9.97. The van der Waals surface area contributed by atoms with Gasteiger partial charge in [-0.3, -0.25) is 4.90 Å². The lowest BCUT2D eigenvalue weighted by Crippen LogP contribution is -2.51. The van der Waals surface area contributed by atoms with Crippen LogP contribution in [0.3, 0.4) is 0 Å². The molecular formula is C16H20BNO3. The molecule has 0 aliphatic carbocycles. The molecule has 0 N–H and O–H groups in total. The Morgan fingerprint density at radius 2 is 2.19 bits per heavy atom. The van der Waals surface area contributed by atoms with Crippen molar-refractivity contribution >= 4 is 13.8 Å². The Balaban J connectivity index is 1.84. The molecule has 1 heterocycles. The number of esters is 1. The Labute approximate surface area is 127 Å². The second-order valence-corrected chi connectivity index (χ2v) is 5.09. The summed E-state index contributed by atoms with van der Waals surface area (Å²) in [5.41, 5.74) is 0.953. The number of morpholine rings is 1. The molecule has 1 aromatic rings. The first-order valence-corrected chi connectivity index (χ1v) is 7.14. The summed E-state index contributed by atoms with van der Waals surface area (Å²) in [4.78, 5) is 14.2. The van der Waals surface area contributed by atoms with E-state index in [0.717, 1.165) is 18.5 Å². The van der Waals surface area contributed by atoms with Gasteiger partial charge in [0.15, 0.2) is 6.10 Å². The van der Waals surface area contributed by atoms with Crippen LogP contribution in [-0.2, 0) is 20.9 Å². The summed E-state index contributed by atoms with van der Waals surface area (Å²) in [7, 11) is 5.83. The van der Waals surface area contributed by atoms with E-state index in [1.807, 2.05) is 36.4 Å². The third kappa shape index (κ3) is 5.03. The largest absolute Gasteiger partial charge is 0.459 e. The summed E-state index contributed by atoms with van der Waals surface area (Å²) in [6.07, 6.45) is 2.09. The van der Waals surface area contributed by atoms with Crippen LogP contribution >= 0.6 is 0 Å². The van der Waals surface area contributed by atoms with Crippen molar-refractivity contribution in [3.05, 3.63) is 48.6 Å². The van der Waals surface area contributed by atoms with Crippen LogP contribution in [0.1, 0.15) is 12.0 Å². The smallest absolute Gasteiger partial charge is 0.336 e. The van der Waals surface area contributed by atoms with Gasteiger partial charge in [-0.05, 0) is 12.0 Å². The van der Waals surface area contributed by atoms with Gasteiger partial charge < -0.3 is 9.47 Å². The highest BCUT2D eigenvalue weighted by molar-refractivity contribution is 6.11. The maximum atomic E-state index is 12.1. The molecule has 110 valence electrons. The fourth-order valence-electron chi connectivity index (χ4n) is 2.27. The van der Waals surface area contributed by atoms with Gasteiger partial charge in [0.05, 0.1) is 0 Å². The van der Waals surface area contributed by atoms with E-state index in [0.29, 0.717) is 13.1 Å². The van der Waals surface area contributed by atoms with Gasteiger partial charge in [0.1, 0.15) is 14.5 Å². The predicted octanol–water partition coefficient (Wildman–Crippen LogP) is 1.50. The highest BCUT2D eigenvalue weighted by atomic mass is 16.6. The predicted molar refractivity (Wildman–Crippen MR) is 81.9 cm³/mol. The van der Waals surface area contributed by atoms with Crippen molar-refractivity contribution in [3.8, 4) is 0 Å². The zero-order valence-electron chi connectivity index (χ0n) is 12.1. The number of rotatable bonds is 6. The van der Waals surface area contributed by atoms with Crippen LogP contribution in [0.2, 0.25) is 0 Å². The van der Waals surface area contributed by atoms with Crippen molar-refractivity contribution in [2.24, 2.45) is 0 Å². The van der Waals surface area contributed by atoms with Gasteiger partial charge in [0.2, 0.25) is 0 Å². The van der Waals surface area contributed by atoms with E-state index < -0.39 is 12.1 Å². The number of carbonyl (C=O) groups excluding carboxylic acids is 1. The normalized spacial score (nSPS) is 22.7. The molecule has 5 heteroatoms. The number of carbonyl (C=O) groups is 1. The second-order valence-electron chi connectivity index (χ2n) is 5.09. The molecule has 0 saturated carbocycles. The SMILES string of the molecule is [B]C1CN(CCC=C)CC(C(=O)OCc2ccccc2)O1. The van der Waals surface area contributed by atoms with Gasteiger partial charge in [-0.2, -0.15) is 0 Å². The van der Waals surface area contributed by atoms with Crippen LogP contribution in [0.15, 0.2) is 43.0 Å². The zero-order chi connectivity index (χ0) is 15.1. The Morgan fingerprint density at radius 3 is 2.90 bits per heavy atom. The summed E-state index contributed by atoms with van der Waals surface area (Å²) in [5, 5.41) is 0. The molecule has 2 radical (unpaired) electrons. The van der Waals surface area contributed by atoms with Crippen molar-refractivity contribution in [1.82, 2.24) is 4.90 Å². The minimum absolute atomic E-state index is 0.251. The highest BCUT2D eigenvalue weighted by Gasteiger charge is 2.30. The van der Waals surface area contributed by atoms with E-state index in [4.69, 9.17) is 17.3 Å². The molecule has 0 bridgehead atoms. The van der Waals surface area contributed by atoms with Crippen molar-refractivity contribution < 1.29 is 14.3 Å². The average Bonchev–Trinajstić information content (AvgIpc) is 2.51. The van der Waals surface area contributed by atoms with Crippen LogP contribution in [-0.4, -0.2) is 50.5 Å². The molecular weight excluding hydrogens is 265 g/mol. The number of ether oxygens (including phenoxy) is 2. The van der Waals surface area contributed by atoms with Crippen molar-refractivity contribution in [1.29, 1.82) is 0 Å². The van der Waals surface area contributed by atoms with Crippen LogP contribution in [0, 0.1) is 0 Å². The monoisotopic (exact) mass is 285 g/mol. The maximum absolute atomic E-state index is 12.1. The van der Waals surface area contributed by atoms with Gasteiger partial charge in [0.25, 0.3) is 0 Å². The first-order chi connectivity index (χ1) is 10.2. The van der Waals surface area contributed by atoms with E-state index in [1.54, 1.807) is 0 Å². The number of nitrogens with zero attached hydrogens (tertiary/aromatic N) is 1.